The highest BCUT2D eigenvalue weighted by Crippen LogP contribution is 2.30. The zero-order valence-electron chi connectivity index (χ0n) is 11.8. The van der Waals surface area contributed by atoms with E-state index in [1.807, 2.05) is 36.6 Å². The number of benzene rings is 1. The van der Waals surface area contributed by atoms with Gasteiger partial charge in [-0.25, -0.2) is 4.98 Å². The van der Waals surface area contributed by atoms with Crippen LogP contribution in [-0.2, 0) is 12.8 Å². The first kappa shape index (κ1) is 14.4. The van der Waals surface area contributed by atoms with E-state index in [1.54, 1.807) is 11.8 Å². The number of thiocarbonyl (C=S) groups is 1. The fraction of sp³-hybridized carbons (Fsp3) is 0.250. The largest absolute Gasteiger partial charge is 0.438 e. The number of hydrogen-bond donors (Lipinski definition) is 1. The van der Waals surface area contributed by atoms with E-state index in [-0.39, 0.29) is 0 Å². The molecule has 0 amide bonds. The van der Waals surface area contributed by atoms with Gasteiger partial charge in [-0.2, -0.15) is 0 Å². The van der Waals surface area contributed by atoms with Crippen molar-refractivity contribution in [1.29, 1.82) is 0 Å². The van der Waals surface area contributed by atoms with Crippen LogP contribution in [0.3, 0.4) is 0 Å². The molecule has 1 aliphatic carbocycles. The van der Waals surface area contributed by atoms with E-state index in [0.29, 0.717) is 10.9 Å². The van der Waals surface area contributed by atoms with Gasteiger partial charge in [-0.05, 0) is 61.4 Å². The Morgan fingerprint density at radius 2 is 2.05 bits per heavy atom. The topological polar surface area (TPSA) is 48.1 Å². The van der Waals surface area contributed by atoms with Gasteiger partial charge < -0.3 is 10.5 Å². The van der Waals surface area contributed by atoms with E-state index in [9.17, 15) is 0 Å². The molecule has 0 saturated carbocycles. The molecule has 0 unspecified atom stereocenters. The van der Waals surface area contributed by atoms with Crippen molar-refractivity contribution in [2.24, 2.45) is 5.73 Å². The summed E-state index contributed by atoms with van der Waals surface area (Å²) < 4.78 is 5.91. The Morgan fingerprint density at radius 1 is 1.29 bits per heavy atom. The molecule has 0 fully saturated rings. The third-order valence-corrected chi connectivity index (χ3v) is 4.52. The van der Waals surface area contributed by atoms with E-state index in [1.165, 1.54) is 10.5 Å². The summed E-state index contributed by atoms with van der Waals surface area (Å²) >= 11 is 6.83. The van der Waals surface area contributed by atoms with E-state index >= 15 is 0 Å². The maximum Gasteiger partial charge on any atom is 0.229 e. The molecule has 3 nitrogen and oxygen atoms in total. The molecule has 5 heteroatoms. The highest BCUT2D eigenvalue weighted by Gasteiger charge is 2.19. The van der Waals surface area contributed by atoms with Crippen LogP contribution >= 0.6 is 24.0 Å². The van der Waals surface area contributed by atoms with Gasteiger partial charge in [0, 0.05) is 10.6 Å². The number of nitrogens with two attached hydrogens (primary N) is 1. The molecule has 21 heavy (non-hydrogen) atoms. The molecule has 0 bridgehead atoms. The first-order chi connectivity index (χ1) is 10.2. The Hall–Kier alpha value is -1.59. The van der Waals surface area contributed by atoms with Crippen molar-refractivity contribution in [2.75, 3.05) is 6.26 Å². The van der Waals surface area contributed by atoms with Crippen LogP contribution in [0, 0.1) is 0 Å². The van der Waals surface area contributed by atoms with Gasteiger partial charge in [-0.3, -0.25) is 0 Å². The second-order valence-electron chi connectivity index (χ2n) is 4.94. The number of pyridine rings is 1. The third-order valence-electron chi connectivity index (χ3n) is 3.56. The first-order valence-corrected chi connectivity index (χ1v) is 8.45. The van der Waals surface area contributed by atoms with Crippen LogP contribution in [-0.4, -0.2) is 16.2 Å². The lowest BCUT2D eigenvalue weighted by molar-refractivity contribution is 0.459. The van der Waals surface area contributed by atoms with Gasteiger partial charge in [0.25, 0.3) is 0 Å². The summed E-state index contributed by atoms with van der Waals surface area (Å²) in [5, 5.41) is 0. The molecular formula is C16H16N2OS2. The molecular weight excluding hydrogens is 300 g/mol. The lowest BCUT2D eigenvalue weighted by Gasteiger charge is -2.12. The Labute approximate surface area is 133 Å². The zero-order valence-corrected chi connectivity index (χ0v) is 13.4. The molecule has 0 spiro atoms. The number of ether oxygens (including phenoxy) is 1. The highest BCUT2D eigenvalue weighted by molar-refractivity contribution is 7.98. The van der Waals surface area contributed by atoms with E-state index in [2.05, 4.69) is 4.98 Å². The molecule has 108 valence electrons. The molecule has 1 aromatic carbocycles. The zero-order chi connectivity index (χ0) is 14.8. The maximum absolute atomic E-state index is 5.91. The van der Waals surface area contributed by atoms with Gasteiger partial charge in [0.1, 0.15) is 10.7 Å². The predicted molar refractivity (Wildman–Crippen MR) is 90.4 cm³/mol. The molecule has 0 saturated heterocycles. The summed E-state index contributed by atoms with van der Waals surface area (Å²) in [4.78, 5) is 6.14. The molecule has 0 atom stereocenters. The minimum absolute atomic E-state index is 0.327. The van der Waals surface area contributed by atoms with Crippen LogP contribution in [0.15, 0.2) is 35.2 Å². The normalized spacial score (nSPS) is 13.0. The number of nitrogens with zero attached hydrogens (tertiary/aromatic N) is 1. The van der Waals surface area contributed by atoms with E-state index in [4.69, 9.17) is 22.7 Å². The predicted octanol–water partition coefficient (Wildman–Crippen LogP) is 3.72. The Balaban J connectivity index is 1.94. The van der Waals surface area contributed by atoms with Crippen LogP contribution in [0.1, 0.15) is 23.2 Å². The summed E-state index contributed by atoms with van der Waals surface area (Å²) in [6.45, 7) is 0. The van der Waals surface area contributed by atoms with Crippen LogP contribution < -0.4 is 10.5 Å². The second-order valence-corrected chi connectivity index (χ2v) is 6.26. The van der Waals surface area contributed by atoms with Gasteiger partial charge in [0.2, 0.25) is 5.88 Å². The molecule has 1 aliphatic rings. The average molecular weight is 316 g/mol. The standard InChI is InChI=1S/C16H16N2OS2/c1-21-12-7-5-11(6-8-12)19-16-13(15(17)20)9-10-3-2-4-14(10)18-16/h5-9H,2-4H2,1H3,(H2,17,20). The highest BCUT2D eigenvalue weighted by atomic mass is 32.2. The van der Waals surface area contributed by atoms with Crippen molar-refractivity contribution in [3.8, 4) is 11.6 Å². The Morgan fingerprint density at radius 3 is 2.71 bits per heavy atom. The molecule has 0 radical (unpaired) electrons. The van der Waals surface area contributed by atoms with Crippen LogP contribution in [0.5, 0.6) is 11.6 Å². The van der Waals surface area contributed by atoms with Gasteiger partial charge in [0.15, 0.2) is 0 Å². The number of aryl methyl sites for hydroxylation is 2. The smallest absolute Gasteiger partial charge is 0.229 e. The summed E-state index contributed by atoms with van der Waals surface area (Å²) in [5.74, 6) is 1.26. The summed E-state index contributed by atoms with van der Waals surface area (Å²) in [6.07, 6.45) is 5.21. The fourth-order valence-corrected chi connectivity index (χ4v) is 3.02. The molecule has 0 aliphatic heterocycles. The monoisotopic (exact) mass is 316 g/mol. The maximum atomic E-state index is 5.91. The molecule has 2 aromatic rings. The number of hydrogen-bond acceptors (Lipinski definition) is 4. The summed E-state index contributed by atoms with van der Waals surface area (Å²) in [5.41, 5.74) is 8.88. The number of rotatable bonds is 4. The SMILES string of the molecule is CSc1ccc(Oc2nc3c(cc2C(N)=S)CCC3)cc1. The van der Waals surface area contributed by atoms with Crippen LogP contribution in [0.4, 0.5) is 0 Å². The van der Waals surface area contributed by atoms with Crippen molar-refractivity contribution in [3.05, 3.63) is 47.2 Å². The van der Waals surface area contributed by atoms with Crippen molar-refractivity contribution in [1.82, 2.24) is 4.98 Å². The summed E-state index contributed by atoms with van der Waals surface area (Å²) in [6, 6.07) is 9.94. The first-order valence-electron chi connectivity index (χ1n) is 6.82. The van der Waals surface area contributed by atoms with E-state index < -0.39 is 0 Å². The Kier molecular flexibility index (Phi) is 4.12. The average Bonchev–Trinajstić information content (AvgIpc) is 2.94. The Bertz CT molecular complexity index is 683. The third kappa shape index (κ3) is 3.04. The molecule has 1 heterocycles. The number of fused-ring (bicyclic) bond motifs is 1. The van der Waals surface area contributed by atoms with Crippen LogP contribution in [0.25, 0.3) is 0 Å². The lowest BCUT2D eigenvalue weighted by atomic mass is 10.1. The lowest BCUT2D eigenvalue weighted by Crippen LogP contribution is -2.13. The number of thioether (sulfide) groups is 1. The van der Waals surface area contributed by atoms with Gasteiger partial charge in [-0.1, -0.05) is 12.2 Å². The fourth-order valence-electron chi connectivity index (χ4n) is 2.46. The van der Waals surface area contributed by atoms with Crippen molar-refractivity contribution in [3.63, 3.8) is 0 Å². The van der Waals surface area contributed by atoms with Crippen molar-refractivity contribution >= 4 is 29.0 Å². The molecule has 2 N–H and O–H groups in total. The minimum atomic E-state index is 0.327. The second kappa shape index (κ2) is 6.03. The van der Waals surface area contributed by atoms with Gasteiger partial charge in [-0.15, -0.1) is 11.8 Å². The van der Waals surface area contributed by atoms with Crippen molar-refractivity contribution in [2.45, 2.75) is 24.2 Å². The van der Waals surface area contributed by atoms with Crippen molar-refractivity contribution < 1.29 is 4.74 Å². The number of aromatic nitrogens is 1. The quantitative estimate of drug-likeness (QED) is 0.688. The molecule has 1 aromatic heterocycles. The minimum Gasteiger partial charge on any atom is -0.438 e. The van der Waals surface area contributed by atoms with Crippen LogP contribution in [0.2, 0.25) is 0 Å². The molecule has 3 rings (SSSR count). The van der Waals surface area contributed by atoms with E-state index in [0.717, 1.165) is 36.3 Å². The van der Waals surface area contributed by atoms with Gasteiger partial charge >= 0.3 is 0 Å². The van der Waals surface area contributed by atoms with Gasteiger partial charge in [0.05, 0.1) is 5.56 Å². The summed E-state index contributed by atoms with van der Waals surface area (Å²) in [7, 11) is 0.